The molecular weight excluding hydrogens is 472 g/mol. The second-order valence-electron chi connectivity index (χ2n) is 9.54. The number of nitrogens with one attached hydrogen (secondary N) is 3. The first-order valence-electron chi connectivity index (χ1n) is 12.6. The van der Waals surface area contributed by atoms with Gasteiger partial charge in [-0.2, -0.15) is 0 Å². The number of amides is 3. The van der Waals surface area contributed by atoms with Crippen LogP contribution in [0.15, 0.2) is 55.1 Å². The Balaban J connectivity index is 1.57. The Bertz CT molecular complexity index is 1200. The maximum atomic E-state index is 13.1. The van der Waals surface area contributed by atoms with Crippen LogP contribution in [-0.2, 0) is 16.1 Å². The van der Waals surface area contributed by atoms with Crippen LogP contribution in [0.25, 0.3) is 11.4 Å². The number of aromatic amines is 1. The van der Waals surface area contributed by atoms with E-state index in [1.807, 2.05) is 48.9 Å². The molecule has 0 saturated carbocycles. The summed E-state index contributed by atoms with van der Waals surface area (Å²) in [5.74, 6) is 0.774. The topological polar surface area (TPSA) is 121 Å². The molecule has 0 saturated heterocycles. The Morgan fingerprint density at radius 3 is 2.86 bits per heavy atom. The molecule has 4 rings (SSSR count). The quantitative estimate of drug-likeness (QED) is 0.504. The summed E-state index contributed by atoms with van der Waals surface area (Å²) in [7, 11) is 0. The zero-order valence-electron chi connectivity index (χ0n) is 21.3. The van der Waals surface area contributed by atoms with Gasteiger partial charge >= 0.3 is 0 Å². The first-order valence-corrected chi connectivity index (χ1v) is 12.6. The number of H-pyrrole nitrogens is 1. The number of hydrogen-bond acceptors (Lipinski definition) is 5. The highest BCUT2D eigenvalue weighted by Crippen LogP contribution is 2.23. The number of ether oxygens (including phenoxy) is 1. The standard InChI is InChI=1S/C27H34N6O4/c1-19(2)15-23-26(35)30-10-13-32-12-9-29-25(32)20-5-3-6-22(16-20)37-14-4-11-33(18-24(34)31-23)27(36)21-7-8-28-17-21/h3,5-9,12,16-17,19,23,28H,4,10-11,13-15,18H2,1-2H3,(H,30,35)(H,31,34)/t23-/m1/s1. The molecule has 3 N–H and O–H groups in total. The summed E-state index contributed by atoms with van der Waals surface area (Å²) >= 11 is 0. The molecular formula is C27H34N6O4. The van der Waals surface area contributed by atoms with E-state index in [0.717, 1.165) is 11.4 Å². The van der Waals surface area contributed by atoms with Gasteiger partial charge in [-0.3, -0.25) is 14.4 Å². The maximum Gasteiger partial charge on any atom is 0.255 e. The van der Waals surface area contributed by atoms with Gasteiger partial charge in [-0.05, 0) is 37.0 Å². The van der Waals surface area contributed by atoms with Crippen LogP contribution in [0.1, 0.15) is 37.0 Å². The van der Waals surface area contributed by atoms with Gasteiger partial charge in [0.2, 0.25) is 11.8 Å². The largest absolute Gasteiger partial charge is 0.494 e. The molecule has 3 heterocycles. The molecule has 0 fully saturated rings. The molecule has 10 nitrogen and oxygen atoms in total. The molecule has 0 unspecified atom stereocenters. The zero-order valence-corrected chi connectivity index (χ0v) is 21.3. The Morgan fingerprint density at radius 2 is 2.08 bits per heavy atom. The van der Waals surface area contributed by atoms with Crippen molar-refractivity contribution in [3.63, 3.8) is 0 Å². The summed E-state index contributed by atoms with van der Waals surface area (Å²) in [5.41, 5.74) is 1.37. The molecule has 10 heteroatoms. The van der Waals surface area contributed by atoms with Gasteiger partial charge in [0.05, 0.1) is 18.7 Å². The zero-order chi connectivity index (χ0) is 26.2. The van der Waals surface area contributed by atoms with Gasteiger partial charge in [0.25, 0.3) is 5.91 Å². The van der Waals surface area contributed by atoms with Crippen molar-refractivity contribution < 1.29 is 19.1 Å². The molecule has 2 bridgehead atoms. The van der Waals surface area contributed by atoms with Crippen molar-refractivity contribution in [3.05, 3.63) is 60.7 Å². The lowest BCUT2D eigenvalue weighted by atomic mass is 10.0. The Hall–Kier alpha value is -4.08. The smallest absolute Gasteiger partial charge is 0.255 e. The highest BCUT2D eigenvalue weighted by Gasteiger charge is 2.25. The number of hydrogen-bond donors (Lipinski definition) is 3. The van der Waals surface area contributed by atoms with Gasteiger partial charge in [-0.15, -0.1) is 0 Å². The highest BCUT2D eigenvalue weighted by molar-refractivity contribution is 5.97. The van der Waals surface area contributed by atoms with E-state index >= 15 is 0 Å². The molecule has 2 aromatic heterocycles. The van der Waals surface area contributed by atoms with Crippen molar-refractivity contribution in [2.75, 3.05) is 26.2 Å². The SMILES string of the molecule is CC(C)C[C@H]1NC(=O)CN(C(=O)c2cc[nH]c2)CCCOc2cccc(c2)-c2nccn2CCNC1=O. The first kappa shape index (κ1) is 26.0. The van der Waals surface area contributed by atoms with E-state index in [9.17, 15) is 14.4 Å². The average Bonchev–Trinajstić information content (AvgIpc) is 3.57. The van der Waals surface area contributed by atoms with Crippen LogP contribution in [0.4, 0.5) is 0 Å². The second-order valence-corrected chi connectivity index (χ2v) is 9.54. The summed E-state index contributed by atoms with van der Waals surface area (Å²) in [6.45, 7) is 5.43. The van der Waals surface area contributed by atoms with E-state index in [1.165, 1.54) is 4.90 Å². The van der Waals surface area contributed by atoms with Crippen LogP contribution in [0.3, 0.4) is 0 Å². The fourth-order valence-corrected chi connectivity index (χ4v) is 4.35. The first-order chi connectivity index (χ1) is 17.9. The molecule has 3 aromatic rings. The predicted octanol–water partition coefficient (Wildman–Crippen LogP) is 2.45. The van der Waals surface area contributed by atoms with Crippen molar-refractivity contribution >= 4 is 17.7 Å². The fourth-order valence-electron chi connectivity index (χ4n) is 4.35. The minimum absolute atomic E-state index is 0.153. The third-order valence-corrected chi connectivity index (χ3v) is 6.13. The van der Waals surface area contributed by atoms with Gasteiger partial charge in [0.15, 0.2) is 0 Å². The number of aromatic nitrogens is 3. The summed E-state index contributed by atoms with van der Waals surface area (Å²) in [5, 5.41) is 5.79. The molecule has 3 amide bonds. The number of carbonyl (C=O) groups is 3. The normalized spacial score (nSPS) is 17.7. The maximum absolute atomic E-state index is 13.1. The third kappa shape index (κ3) is 6.99. The summed E-state index contributed by atoms with van der Waals surface area (Å²) in [6.07, 6.45) is 7.88. The van der Waals surface area contributed by atoms with Gasteiger partial charge in [-0.1, -0.05) is 26.0 Å². The Kier molecular flexibility index (Phi) is 8.60. The molecule has 1 atom stereocenters. The number of carbonyl (C=O) groups excluding carboxylic acids is 3. The van der Waals surface area contributed by atoms with Gasteiger partial charge in [0.1, 0.15) is 17.6 Å². The van der Waals surface area contributed by atoms with E-state index in [-0.39, 0.29) is 30.2 Å². The van der Waals surface area contributed by atoms with Crippen LogP contribution < -0.4 is 15.4 Å². The monoisotopic (exact) mass is 506 g/mol. The van der Waals surface area contributed by atoms with Crippen molar-refractivity contribution in [1.82, 2.24) is 30.1 Å². The Morgan fingerprint density at radius 1 is 1.22 bits per heavy atom. The van der Waals surface area contributed by atoms with Crippen molar-refractivity contribution in [2.24, 2.45) is 5.92 Å². The number of imidazole rings is 1. The lowest BCUT2D eigenvalue weighted by molar-refractivity contribution is -0.129. The van der Waals surface area contributed by atoms with Crippen molar-refractivity contribution in [2.45, 2.75) is 39.3 Å². The number of fused-ring (bicyclic) bond motifs is 4. The fraction of sp³-hybridized carbons (Fsp3) is 0.407. The van der Waals surface area contributed by atoms with Crippen LogP contribution in [0.5, 0.6) is 5.75 Å². The molecule has 0 aliphatic carbocycles. The number of rotatable bonds is 3. The average molecular weight is 507 g/mol. The minimum Gasteiger partial charge on any atom is -0.494 e. The predicted molar refractivity (Wildman–Crippen MR) is 139 cm³/mol. The van der Waals surface area contributed by atoms with E-state index in [2.05, 4.69) is 20.6 Å². The molecule has 1 aliphatic heterocycles. The lowest BCUT2D eigenvalue weighted by Gasteiger charge is -2.25. The van der Waals surface area contributed by atoms with E-state index in [4.69, 9.17) is 4.74 Å². The van der Waals surface area contributed by atoms with Gasteiger partial charge in [0, 0.05) is 50.0 Å². The van der Waals surface area contributed by atoms with Crippen LogP contribution in [-0.4, -0.2) is 69.4 Å². The molecule has 1 aliphatic rings. The summed E-state index contributed by atoms with van der Waals surface area (Å²) in [4.78, 5) is 48.0. The molecule has 0 radical (unpaired) electrons. The Labute approximate surface area is 216 Å². The van der Waals surface area contributed by atoms with Crippen LogP contribution in [0, 0.1) is 5.92 Å². The third-order valence-electron chi connectivity index (χ3n) is 6.13. The van der Waals surface area contributed by atoms with E-state index in [0.29, 0.717) is 50.4 Å². The van der Waals surface area contributed by atoms with Crippen molar-refractivity contribution in [3.8, 4) is 17.1 Å². The van der Waals surface area contributed by atoms with Gasteiger partial charge in [-0.25, -0.2) is 4.98 Å². The van der Waals surface area contributed by atoms with E-state index in [1.54, 1.807) is 24.7 Å². The number of benzene rings is 1. The number of nitrogens with zero attached hydrogens (tertiary/aromatic N) is 3. The second kappa shape index (κ2) is 12.2. The van der Waals surface area contributed by atoms with Crippen molar-refractivity contribution in [1.29, 1.82) is 0 Å². The highest BCUT2D eigenvalue weighted by atomic mass is 16.5. The van der Waals surface area contributed by atoms with Gasteiger partial charge < -0.3 is 29.8 Å². The molecule has 1 aromatic carbocycles. The van der Waals surface area contributed by atoms with E-state index < -0.39 is 6.04 Å². The molecule has 0 spiro atoms. The molecule has 37 heavy (non-hydrogen) atoms. The van der Waals surface area contributed by atoms with Crippen LogP contribution in [0.2, 0.25) is 0 Å². The minimum atomic E-state index is -0.696. The van der Waals surface area contributed by atoms with Crippen LogP contribution >= 0.6 is 0 Å². The summed E-state index contributed by atoms with van der Waals surface area (Å²) < 4.78 is 7.94. The summed E-state index contributed by atoms with van der Waals surface area (Å²) in [6, 6.07) is 8.65. The molecule has 196 valence electrons. The lowest BCUT2D eigenvalue weighted by Crippen LogP contribution is -2.51.